The van der Waals surface area contributed by atoms with Crippen LogP contribution in [0.15, 0.2) is 48.8 Å². The van der Waals surface area contributed by atoms with Crippen LogP contribution in [0.1, 0.15) is 5.82 Å². The van der Waals surface area contributed by atoms with E-state index in [0.717, 1.165) is 31.1 Å². The molecule has 0 aliphatic carbocycles. The first-order valence-electron chi connectivity index (χ1n) is 8.02. The smallest absolute Gasteiger partial charge is 0.170 e. The molecule has 1 atom stereocenters. The summed E-state index contributed by atoms with van der Waals surface area (Å²) in [7, 11) is 0. The van der Waals surface area contributed by atoms with Crippen molar-refractivity contribution in [3.8, 4) is 5.69 Å². The lowest BCUT2D eigenvalue weighted by atomic mass is 10.2. The highest BCUT2D eigenvalue weighted by molar-refractivity contribution is 5.30. The summed E-state index contributed by atoms with van der Waals surface area (Å²) in [6, 6.07) is 11.9. The quantitative estimate of drug-likeness (QED) is 0.689. The molecule has 0 spiro atoms. The Kier molecular flexibility index (Phi) is 4.30. The summed E-state index contributed by atoms with van der Waals surface area (Å²) in [5, 5.41) is 16.4. The number of nitrogens with zero attached hydrogens (tertiary/aromatic N) is 7. The molecule has 8 nitrogen and oxygen atoms in total. The van der Waals surface area contributed by atoms with Gasteiger partial charge in [-0.3, -0.25) is 9.58 Å². The van der Waals surface area contributed by atoms with Gasteiger partial charge in [0.2, 0.25) is 0 Å². The lowest BCUT2D eigenvalue weighted by Crippen LogP contribution is -2.44. The first-order valence-corrected chi connectivity index (χ1v) is 8.02. The molecule has 4 rings (SSSR count). The van der Waals surface area contributed by atoms with Crippen molar-refractivity contribution >= 4 is 0 Å². The average Bonchev–Trinajstić information content (AvgIpc) is 3.28. The summed E-state index contributed by atoms with van der Waals surface area (Å²) in [4.78, 5) is 2.32. The second-order valence-electron chi connectivity index (χ2n) is 5.80. The van der Waals surface area contributed by atoms with E-state index in [9.17, 15) is 0 Å². The van der Waals surface area contributed by atoms with Crippen LogP contribution in [0, 0.1) is 0 Å². The molecule has 1 saturated heterocycles. The zero-order valence-corrected chi connectivity index (χ0v) is 13.3. The minimum absolute atomic E-state index is 0.125. The van der Waals surface area contributed by atoms with E-state index in [-0.39, 0.29) is 6.10 Å². The molecule has 0 saturated carbocycles. The van der Waals surface area contributed by atoms with Crippen molar-refractivity contribution in [1.82, 2.24) is 34.9 Å². The molecule has 8 heteroatoms. The summed E-state index contributed by atoms with van der Waals surface area (Å²) < 4.78 is 9.55. The maximum Gasteiger partial charge on any atom is 0.170 e. The van der Waals surface area contributed by atoms with Crippen LogP contribution in [0.5, 0.6) is 0 Å². The molecule has 0 unspecified atom stereocenters. The van der Waals surface area contributed by atoms with E-state index < -0.39 is 0 Å². The number of hydrogen-bond donors (Lipinski definition) is 0. The van der Waals surface area contributed by atoms with Crippen LogP contribution in [0.2, 0.25) is 0 Å². The lowest BCUT2D eigenvalue weighted by molar-refractivity contribution is -0.0410. The molecule has 1 aromatic carbocycles. The second-order valence-corrected chi connectivity index (χ2v) is 5.80. The van der Waals surface area contributed by atoms with E-state index in [0.29, 0.717) is 13.2 Å². The fourth-order valence-electron chi connectivity index (χ4n) is 2.93. The van der Waals surface area contributed by atoms with Crippen molar-refractivity contribution in [3.05, 3.63) is 54.6 Å². The average molecular weight is 325 g/mol. The Labute approximate surface area is 139 Å². The first-order chi connectivity index (χ1) is 11.9. The molecule has 0 N–H and O–H groups in total. The van der Waals surface area contributed by atoms with Gasteiger partial charge in [-0.1, -0.05) is 18.2 Å². The standard InChI is InChI=1S/C16H19N7O/c1-2-5-14(6-3-1)23-16(18-19-20-23)13-21-9-10-24-15(11-21)12-22-8-4-7-17-22/h1-8,15H,9-13H2/t15-/m0/s1. The number of rotatable bonds is 5. The normalized spacial score (nSPS) is 18.8. The van der Waals surface area contributed by atoms with Gasteiger partial charge in [-0.15, -0.1) is 5.10 Å². The van der Waals surface area contributed by atoms with E-state index in [4.69, 9.17) is 4.74 Å². The molecule has 1 aliphatic rings. The van der Waals surface area contributed by atoms with E-state index >= 15 is 0 Å². The Balaban J connectivity index is 1.43. The summed E-state index contributed by atoms with van der Waals surface area (Å²) in [6.45, 7) is 3.87. The lowest BCUT2D eigenvalue weighted by Gasteiger charge is -2.32. The largest absolute Gasteiger partial charge is 0.374 e. The molecule has 24 heavy (non-hydrogen) atoms. The third kappa shape index (κ3) is 3.34. The minimum Gasteiger partial charge on any atom is -0.374 e. The van der Waals surface area contributed by atoms with Gasteiger partial charge in [-0.2, -0.15) is 9.78 Å². The first kappa shape index (κ1) is 15.0. The predicted octanol–water partition coefficient (Wildman–Crippen LogP) is 0.760. The monoisotopic (exact) mass is 325 g/mol. The summed E-state index contributed by atoms with van der Waals surface area (Å²) in [5.74, 6) is 0.834. The Morgan fingerprint density at radius 3 is 2.92 bits per heavy atom. The highest BCUT2D eigenvalue weighted by Crippen LogP contribution is 2.13. The van der Waals surface area contributed by atoms with Crippen molar-refractivity contribution in [2.75, 3.05) is 19.7 Å². The number of tetrazole rings is 1. The zero-order valence-electron chi connectivity index (χ0n) is 13.3. The topological polar surface area (TPSA) is 73.9 Å². The van der Waals surface area contributed by atoms with Crippen LogP contribution in [0.25, 0.3) is 5.69 Å². The van der Waals surface area contributed by atoms with Gasteiger partial charge in [0.05, 0.1) is 31.5 Å². The van der Waals surface area contributed by atoms with Gasteiger partial charge in [0.1, 0.15) is 0 Å². The highest BCUT2D eigenvalue weighted by atomic mass is 16.5. The summed E-state index contributed by atoms with van der Waals surface area (Å²) in [6.07, 6.45) is 3.87. The third-order valence-corrected chi connectivity index (χ3v) is 4.07. The van der Waals surface area contributed by atoms with E-state index in [1.165, 1.54) is 0 Å². The SMILES string of the molecule is c1ccc(-n2nnnc2CN2CCO[C@H](Cn3cccn3)C2)cc1. The summed E-state index contributed by atoms with van der Waals surface area (Å²) >= 11 is 0. The molecule has 3 aromatic rings. The summed E-state index contributed by atoms with van der Waals surface area (Å²) in [5.41, 5.74) is 0.971. The molecule has 3 heterocycles. The third-order valence-electron chi connectivity index (χ3n) is 4.07. The van der Waals surface area contributed by atoms with Gasteiger partial charge in [0.25, 0.3) is 0 Å². The molecule has 1 aliphatic heterocycles. The molecule has 0 bridgehead atoms. The van der Waals surface area contributed by atoms with Crippen molar-refractivity contribution in [2.45, 2.75) is 19.2 Å². The van der Waals surface area contributed by atoms with Gasteiger partial charge in [-0.25, -0.2) is 0 Å². The van der Waals surface area contributed by atoms with Crippen LogP contribution >= 0.6 is 0 Å². The van der Waals surface area contributed by atoms with E-state index in [1.807, 2.05) is 47.3 Å². The maximum atomic E-state index is 5.85. The highest BCUT2D eigenvalue weighted by Gasteiger charge is 2.23. The Morgan fingerprint density at radius 2 is 2.08 bits per heavy atom. The van der Waals surface area contributed by atoms with E-state index in [2.05, 4.69) is 25.5 Å². The van der Waals surface area contributed by atoms with Gasteiger partial charge in [0, 0.05) is 25.5 Å². The van der Waals surface area contributed by atoms with Gasteiger partial charge in [-0.05, 0) is 28.6 Å². The van der Waals surface area contributed by atoms with Crippen LogP contribution in [0.3, 0.4) is 0 Å². The Bertz CT molecular complexity index is 756. The fraction of sp³-hybridized carbons (Fsp3) is 0.375. The fourth-order valence-corrected chi connectivity index (χ4v) is 2.93. The van der Waals surface area contributed by atoms with Crippen LogP contribution in [-0.2, 0) is 17.8 Å². The number of aromatic nitrogens is 6. The van der Waals surface area contributed by atoms with Gasteiger partial charge < -0.3 is 4.74 Å². The number of para-hydroxylation sites is 1. The maximum absolute atomic E-state index is 5.85. The Hall–Kier alpha value is -2.58. The van der Waals surface area contributed by atoms with Crippen molar-refractivity contribution in [2.24, 2.45) is 0 Å². The molecule has 1 fully saturated rings. The molecule has 0 amide bonds. The number of morpholine rings is 1. The zero-order chi connectivity index (χ0) is 16.2. The predicted molar refractivity (Wildman–Crippen MR) is 86.4 cm³/mol. The molecule has 0 radical (unpaired) electrons. The van der Waals surface area contributed by atoms with Crippen molar-refractivity contribution in [1.29, 1.82) is 0 Å². The van der Waals surface area contributed by atoms with Gasteiger partial charge >= 0.3 is 0 Å². The number of hydrogen-bond acceptors (Lipinski definition) is 6. The van der Waals surface area contributed by atoms with Gasteiger partial charge in [0.15, 0.2) is 5.82 Å². The van der Waals surface area contributed by atoms with Crippen LogP contribution in [0.4, 0.5) is 0 Å². The molecule has 124 valence electrons. The second kappa shape index (κ2) is 6.90. The minimum atomic E-state index is 0.125. The Morgan fingerprint density at radius 1 is 1.17 bits per heavy atom. The van der Waals surface area contributed by atoms with Crippen LogP contribution < -0.4 is 0 Å². The van der Waals surface area contributed by atoms with Crippen molar-refractivity contribution < 1.29 is 4.74 Å². The number of benzene rings is 1. The number of ether oxygens (including phenoxy) is 1. The molecular weight excluding hydrogens is 306 g/mol. The van der Waals surface area contributed by atoms with Crippen LogP contribution in [-0.4, -0.2) is 60.7 Å². The molecule has 2 aromatic heterocycles. The van der Waals surface area contributed by atoms with Crippen molar-refractivity contribution in [3.63, 3.8) is 0 Å². The molecular formula is C16H19N7O. The van der Waals surface area contributed by atoms with E-state index in [1.54, 1.807) is 10.9 Å².